The molecule has 1 aliphatic rings. The van der Waals surface area contributed by atoms with Crippen LogP contribution in [0, 0.1) is 28.9 Å². The summed E-state index contributed by atoms with van der Waals surface area (Å²) >= 11 is 0. The van der Waals surface area contributed by atoms with Crippen LogP contribution in [0.3, 0.4) is 0 Å². The van der Waals surface area contributed by atoms with Gasteiger partial charge in [0.25, 0.3) is 5.69 Å². The lowest BCUT2D eigenvalue weighted by Crippen LogP contribution is -2.26. The predicted octanol–water partition coefficient (Wildman–Crippen LogP) is 4.77. The molecule has 0 radical (unpaired) electrons. The highest BCUT2D eigenvalue weighted by atomic mass is 16.6. The first-order valence-electron chi connectivity index (χ1n) is 10.6. The smallest absolute Gasteiger partial charge is 0.407 e. The van der Waals surface area contributed by atoms with Gasteiger partial charge in [0.2, 0.25) is 0 Å². The molecule has 166 valence electrons. The standard InChI is InChI=1S/C26H23N3O4/c1-17-14-18(25(27)24(15-17)29(31)32)8-6-7-13-28-26(30)33-16-23-21-11-4-2-9-19(21)20-10-3-5-12-22(20)23/h2-5,9-12,14-15,23H,7,13,16,27H2,1H3,(H,28,30). The van der Waals surface area contributed by atoms with E-state index in [-0.39, 0.29) is 30.4 Å². The van der Waals surface area contributed by atoms with Crippen molar-refractivity contribution < 1.29 is 14.5 Å². The average Bonchev–Trinajstić information content (AvgIpc) is 3.13. The first kappa shape index (κ1) is 21.9. The molecule has 0 atom stereocenters. The van der Waals surface area contributed by atoms with E-state index in [2.05, 4.69) is 41.4 Å². The Bertz CT molecular complexity index is 1240. The topological polar surface area (TPSA) is 107 Å². The van der Waals surface area contributed by atoms with Gasteiger partial charge in [-0.15, -0.1) is 0 Å². The summed E-state index contributed by atoms with van der Waals surface area (Å²) in [6, 6.07) is 19.4. The van der Waals surface area contributed by atoms with E-state index in [4.69, 9.17) is 10.5 Å². The zero-order valence-corrected chi connectivity index (χ0v) is 18.1. The van der Waals surface area contributed by atoms with Crippen LogP contribution in [0.25, 0.3) is 11.1 Å². The number of anilines is 1. The van der Waals surface area contributed by atoms with Gasteiger partial charge in [-0.25, -0.2) is 4.79 Å². The molecule has 0 saturated carbocycles. The Hall–Kier alpha value is -4.31. The van der Waals surface area contributed by atoms with Crippen LogP contribution >= 0.6 is 0 Å². The van der Waals surface area contributed by atoms with E-state index >= 15 is 0 Å². The van der Waals surface area contributed by atoms with Crippen LogP contribution in [0.5, 0.6) is 0 Å². The average molecular weight is 441 g/mol. The molecular formula is C26H23N3O4. The molecule has 0 fully saturated rings. The van der Waals surface area contributed by atoms with Gasteiger partial charge in [0.15, 0.2) is 0 Å². The van der Waals surface area contributed by atoms with Crippen LogP contribution in [-0.2, 0) is 4.74 Å². The third kappa shape index (κ3) is 4.65. The summed E-state index contributed by atoms with van der Waals surface area (Å²) in [7, 11) is 0. The lowest BCUT2D eigenvalue weighted by atomic mass is 9.98. The number of nitro groups is 1. The van der Waals surface area contributed by atoms with Crippen LogP contribution < -0.4 is 11.1 Å². The SMILES string of the molecule is Cc1cc(C#CCCNC(=O)OCC2c3ccccc3-c3ccccc32)c(N)c([N+](=O)[O-])c1. The monoisotopic (exact) mass is 441 g/mol. The maximum absolute atomic E-state index is 12.2. The van der Waals surface area contributed by atoms with Crippen molar-refractivity contribution in [3.8, 4) is 23.0 Å². The van der Waals surface area contributed by atoms with Crippen molar-refractivity contribution in [2.24, 2.45) is 0 Å². The number of benzene rings is 3. The lowest BCUT2D eigenvalue weighted by molar-refractivity contribution is -0.384. The van der Waals surface area contributed by atoms with Gasteiger partial charge in [-0.3, -0.25) is 10.1 Å². The number of carbonyl (C=O) groups is 1. The van der Waals surface area contributed by atoms with Gasteiger partial charge < -0.3 is 15.8 Å². The molecule has 33 heavy (non-hydrogen) atoms. The molecule has 4 rings (SSSR count). The van der Waals surface area contributed by atoms with Gasteiger partial charge in [0.05, 0.1) is 10.5 Å². The molecule has 0 heterocycles. The minimum Gasteiger partial charge on any atom is -0.449 e. The van der Waals surface area contributed by atoms with E-state index in [1.165, 1.54) is 17.2 Å². The van der Waals surface area contributed by atoms with E-state index in [0.29, 0.717) is 17.5 Å². The number of aryl methyl sites for hydroxylation is 1. The third-order valence-electron chi connectivity index (χ3n) is 5.59. The fraction of sp³-hybridized carbons (Fsp3) is 0.192. The Kier molecular flexibility index (Phi) is 6.27. The molecule has 0 saturated heterocycles. The first-order chi connectivity index (χ1) is 16.0. The number of hydrogen-bond acceptors (Lipinski definition) is 5. The highest BCUT2D eigenvalue weighted by molar-refractivity contribution is 5.79. The quantitative estimate of drug-likeness (QED) is 0.195. The number of nitro benzene ring substituents is 1. The molecule has 0 aromatic heterocycles. The van der Waals surface area contributed by atoms with Crippen molar-refractivity contribution in [3.05, 3.63) is 93.0 Å². The zero-order valence-electron chi connectivity index (χ0n) is 18.1. The summed E-state index contributed by atoms with van der Waals surface area (Å²) < 4.78 is 5.49. The summed E-state index contributed by atoms with van der Waals surface area (Å²) in [6.07, 6.45) is -0.157. The number of amides is 1. The van der Waals surface area contributed by atoms with Crippen molar-refractivity contribution in [3.63, 3.8) is 0 Å². The lowest BCUT2D eigenvalue weighted by Gasteiger charge is -2.14. The first-order valence-corrected chi connectivity index (χ1v) is 10.6. The Morgan fingerprint density at radius 2 is 1.76 bits per heavy atom. The Morgan fingerprint density at radius 1 is 1.12 bits per heavy atom. The number of nitrogens with one attached hydrogen (secondary N) is 1. The van der Waals surface area contributed by atoms with E-state index in [0.717, 1.165) is 11.1 Å². The van der Waals surface area contributed by atoms with E-state index in [1.807, 2.05) is 24.3 Å². The maximum Gasteiger partial charge on any atom is 0.407 e. The number of ether oxygens (including phenoxy) is 1. The maximum atomic E-state index is 12.2. The van der Waals surface area contributed by atoms with Crippen LogP contribution in [0.15, 0.2) is 60.7 Å². The van der Waals surface area contributed by atoms with Gasteiger partial charge in [-0.1, -0.05) is 60.4 Å². The Morgan fingerprint density at radius 3 is 2.39 bits per heavy atom. The molecule has 0 aliphatic heterocycles. The highest BCUT2D eigenvalue weighted by Gasteiger charge is 2.28. The minimum atomic E-state index is -0.522. The van der Waals surface area contributed by atoms with E-state index < -0.39 is 11.0 Å². The summed E-state index contributed by atoms with van der Waals surface area (Å²) in [5.41, 5.74) is 11.5. The number of nitrogens with zero attached hydrogens (tertiary/aromatic N) is 1. The number of nitrogens with two attached hydrogens (primary N) is 1. The van der Waals surface area contributed by atoms with E-state index in [1.54, 1.807) is 13.0 Å². The molecule has 3 N–H and O–H groups in total. The number of fused-ring (bicyclic) bond motifs is 3. The molecule has 1 aliphatic carbocycles. The van der Waals surface area contributed by atoms with Crippen LogP contribution in [0.2, 0.25) is 0 Å². The highest BCUT2D eigenvalue weighted by Crippen LogP contribution is 2.44. The number of carbonyl (C=O) groups excluding carboxylic acids is 1. The molecule has 3 aromatic rings. The summed E-state index contributed by atoms with van der Waals surface area (Å²) in [6.45, 7) is 2.28. The van der Waals surface area contributed by atoms with Crippen LogP contribution in [-0.4, -0.2) is 24.2 Å². The van der Waals surface area contributed by atoms with Gasteiger partial charge in [0.1, 0.15) is 12.3 Å². The zero-order chi connectivity index (χ0) is 23.4. The van der Waals surface area contributed by atoms with Gasteiger partial charge >= 0.3 is 6.09 Å². The molecule has 7 nitrogen and oxygen atoms in total. The second-order valence-electron chi connectivity index (χ2n) is 7.81. The van der Waals surface area contributed by atoms with Crippen LogP contribution in [0.1, 0.15) is 34.6 Å². The van der Waals surface area contributed by atoms with Crippen molar-refractivity contribution in [2.45, 2.75) is 19.3 Å². The largest absolute Gasteiger partial charge is 0.449 e. The van der Waals surface area contributed by atoms with Crippen molar-refractivity contribution in [1.29, 1.82) is 0 Å². The summed E-state index contributed by atoms with van der Waals surface area (Å²) in [5.74, 6) is 5.74. The van der Waals surface area contributed by atoms with Crippen molar-refractivity contribution in [2.75, 3.05) is 18.9 Å². The second kappa shape index (κ2) is 9.45. The van der Waals surface area contributed by atoms with E-state index in [9.17, 15) is 14.9 Å². The Balaban J connectivity index is 1.31. The molecule has 3 aromatic carbocycles. The molecule has 0 unspecified atom stereocenters. The van der Waals surface area contributed by atoms with Crippen LogP contribution in [0.4, 0.5) is 16.2 Å². The summed E-state index contributed by atoms with van der Waals surface area (Å²) in [4.78, 5) is 22.8. The number of rotatable bonds is 5. The number of alkyl carbamates (subject to hydrolysis) is 1. The number of nitrogen functional groups attached to an aromatic ring is 1. The minimum absolute atomic E-state index is 0.00280. The molecule has 1 amide bonds. The van der Waals surface area contributed by atoms with Gasteiger partial charge in [0, 0.05) is 24.9 Å². The fourth-order valence-corrected chi connectivity index (χ4v) is 4.07. The van der Waals surface area contributed by atoms with Gasteiger partial charge in [-0.2, -0.15) is 0 Å². The van der Waals surface area contributed by atoms with Crippen molar-refractivity contribution >= 4 is 17.5 Å². The molecule has 0 bridgehead atoms. The normalized spacial score (nSPS) is 11.7. The molecule has 0 spiro atoms. The Labute approximate surface area is 191 Å². The molecular weight excluding hydrogens is 418 g/mol. The number of hydrogen-bond donors (Lipinski definition) is 2. The summed E-state index contributed by atoms with van der Waals surface area (Å²) in [5, 5.41) is 13.8. The third-order valence-corrected chi connectivity index (χ3v) is 5.59. The van der Waals surface area contributed by atoms with Gasteiger partial charge in [-0.05, 0) is 40.8 Å². The fourth-order valence-electron chi connectivity index (χ4n) is 4.07. The second-order valence-corrected chi connectivity index (χ2v) is 7.81. The predicted molar refractivity (Wildman–Crippen MR) is 127 cm³/mol. The van der Waals surface area contributed by atoms with Crippen molar-refractivity contribution in [1.82, 2.24) is 5.32 Å². The molecule has 7 heteroatoms.